The van der Waals surface area contributed by atoms with Gasteiger partial charge in [-0.2, -0.15) is 5.10 Å². The van der Waals surface area contributed by atoms with Crippen molar-refractivity contribution in [2.75, 3.05) is 5.75 Å². The first-order valence-electron chi connectivity index (χ1n) is 11.4. The zero-order valence-electron chi connectivity index (χ0n) is 20.4. The molecule has 0 unspecified atom stereocenters. The van der Waals surface area contributed by atoms with Crippen LogP contribution in [-0.4, -0.2) is 32.6 Å². The van der Waals surface area contributed by atoms with Crippen LogP contribution in [0.3, 0.4) is 0 Å². The van der Waals surface area contributed by atoms with Crippen molar-refractivity contribution < 1.29 is 4.79 Å². The van der Waals surface area contributed by atoms with Crippen LogP contribution < -0.4 is 5.43 Å². The third kappa shape index (κ3) is 6.25. The summed E-state index contributed by atoms with van der Waals surface area (Å²) in [6.45, 7) is 8.58. The van der Waals surface area contributed by atoms with Gasteiger partial charge in [0.1, 0.15) is 0 Å². The highest BCUT2D eigenvalue weighted by atomic mass is 32.2. The Labute approximate surface area is 210 Å². The van der Waals surface area contributed by atoms with Crippen LogP contribution in [0.4, 0.5) is 0 Å². The maximum Gasteiger partial charge on any atom is 0.250 e. The van der Waals surface area contributed by atoms with Crippen molar-refractivity contribution in [3.8, 4) is 17.1 Å². The summed E-state index contributed by atoms with van der Waals surface area (Å²) in [7, 11) is 0. The number of carbonyl (C=O) groups excluding carboxylic acids is 1. The Morgan fingerprint density at radius 3 is 2.31 bits per heavy atom. The summed E-state index contributed by atoms with van der Waals surface area (Å²) < 4.78 is 1.97. The molecule has 3 aromatic carbocycles. The number of amides is 1. The van der Waals surface area contributed by atoms with Crippen LogP contribution in [0.5, 0.6) is 0 Å². The average molecular weight is 484 g/mol. The quantitative estimate of drug-likeness (QED) is 0.205. The summed E-state index contributed by atoms with van der Waals surface area (Å²) in [4.78, 5) is 12.5. The van der Waals surface area contributed by atoms with Crippen LogP contribution >= 0.6 is 11.8 Å². The molecule has 0 bridgehead atoms. The summed E-state index contributed by atoms with van der Waals surface area (Å²) in [5.74, 6) is 0.687. The number of carbonyl (C=O) groups is 1. The minimum absolute atomic E-state index is 0.0980. The van der Waals surface area contributed by atoms with Gasteiger partial charge in [0.2, 0.25) is 0 Å². The summed E-state index contributed by atoms with van der Waals surface area (Å²) in [5.41, 5.74) is 7.96. The smallest absolute Gasteiger partial charge is 0.250 e. The van der Waals surface area contributed by atoms with Gasteiger partial charge in [-0.25, -0.2) is 5.43 Å². The molecule has 0 spiro atoms. The largest absolute Gasteiger partial charge is 0.272 e. The topological polar surface area (TPSA) is 72.2 Å². The SMILES string of the molecule is Cc1ccc(-c2nnc(SCC(=O)N/N=C/c3ccc(C(C)(C)C)cc3)n2-c2ccccc2)cc1. The predicted molar refractivity (Wildman–Crippen MR) is 143 cm³/mol. The Morgan fingerprint density at radius 2 is 1.66 bits per heavy atom. The number of aromatic nitrogens is 3. The number of nitrogens with zero attached hydrogens (tertiary/aromatic N) is 4. The summed E-state index contributed by atoms with van der Waals surface area (Å²) in [6.07, 6.45) is 1.65. The van der Waals surface area contributed by atoms with E-state index >= 15 is 0 Å². The molecule has 0 atom stereocenters. The van der Waals surface area contributed by atoms with E-state index in [0.717, 1.165) is 22.6 Å². The average Bonchev–Trinajstić information content (AvgIpc) is 3.27. The first kappa shape index (κ1) is 24.4. The van der Waals surface area contributed by atoms with E-state index in [1.165, 1.54) is 22.9 Å². The Balaban J connectivity index is 1.44. The van der Waals surface area contributed by atoms with Gasteiger partial charge in [0.15, 0.2) is 11.0 Å². The number of benzene rings is 3. The lowest BCUT2D eigenvalue weighted by molar-refractivity contribution is -0.118. The second kappa shape index (κ2) is 10.7. The van der Waals surface area contributed by atoms with Crippen molar-refractivity contribution in [3.05, 3.63) is 95.6 Å². The van der Waals surface area contributed by atoms with Gasteiger partial charge >= 0.3 is 0 Å². The van der Waals surface area contributed by atoms with E-state index in [9.17, 15) is 4.79 Å². The molecule has 1 heterocycles. The van der Waals surface area contributed by atoms with Gasteiger partial charge in [0.25, 0.3) is 5.91 Å². The maximum absolute atomic E-state index is 12.5. The van der Waals surface area contributed by atoms with E-state index in [2.05, 4.69) is 60.6 Å². The Kier molecular flexibility index (Phi) is 7.46. The van der Waals surface area contributed by atoms with Gasteiger partial charge in [-0.1, -0.05) is 105 Å². The molecule has 0 fully saturated rings. The predicted octanol–water partition coefficient (Wildman–Crippen LogP) is 5.78. The highest BCUT2D eigenvalue weighted by Crippen LogP contribution is 2.28. The van der Waals surface area contributed by atoms with Crippen LogP contribution in [0.15, 0.2) is 89.1 Å². The summed E-state index contributed by atoms with van der Waals surface area (Å²) >= 11 is 1.32. The van der Waals surface area contributed by atoms with Crippen molar-refractivity contribution in [2.45, 2.75) is 38.3 Å². The van der Waals surface area contributed by atoms with Gasteiger partial charge in [0.05, 0.1) is 12.0 Å². The molecular weight excluding hydrogens is 454 g/mol. The zero-order chi connectivity index (χ0) is 24.8. The fourth-order valence-corrected chi connectivity index (χ4v) is 4.22. The van der Waals surface area contributed by atoms with Crippen molar-refractivity contribution in [3.63, 3.8) is 0 Å². The van der Waals surface area contributed by atoms with E-state index in [1.807, 2.05) is 71.3 Å². The molecule has 0 radical (unpaired) electrons. The Bertz CT molecular complexity index is 1300. The molecule has 6 nitrogen and oxygen atoms in total. The number of hydrazone groups is 1. The monoisotopic (exact) mass is 483 g/mol. The number of hydrogen-bond acceptors (Lipinski definition) is 5. The van der Waals surface area contributed by atoms with Crippen molar-refractivity contribution >= 4 is 23.9 Å². The molecule has 1 N–H and O–H groups in total. The summed E-state index contributed by atoms with van der Waals surface area (Å²) in [6, 6.07) is 26.2. The molecule has 0 saturated heterocycles. The molecule has 7 heteroatoms. The lowest BCUT2D eigenvalue weighted by atomic mass is 9.87. The van der Waals surface area contributed by atoms with Gasteiger partial charge in [-0.3, -0.25) is 9.36 Å². The minimum atomic E-state index is -0.211. The van der Waals surface area contributed by atoms with E-state index in [4.69, 9.17) is 0 Å². The number of rotatable bonds is 7. The minimum Gasteiger partial charge on any atom is -0.272 e. The van der Waals surface area contributed by atoms with Crippen molar-refractivity contribution in [1.29, 1.82) is 0 Å². The van der Waals surface area contributed by atoms with Crippen LogP contribution in [0, 0.1) is 6.92 Å². The molecule has 178 valence electrons. The molecule has 0 saturated carbocycles. The van der Waals surface area contributed by atoms with Crippen molar-refractivity contribution in [2.24, 2.45) is 5.10 Å². The third-order valence-corrected chi connectivity index (χ3v) is 6.40. The second-order valence-corrected chi connectivity index (χ2v) is 10.2. The molecule has 0 aliphatic carbocycles. The van der Waals surface area contributed by atoms with Gasteiger partial charge in [-0.05, 0) is 35.6 Å². The number of para-hydroxylation sites is 1. The fraction of sp³-hybridized carbons (Fsp3) is 0.214. The van der Waals surface area contributed by atoms with Crippen LogP contribution in [0.1, 0.15) is 37.5 Å². The molecule has 0 aliphatic heterocycles. The van der Waals surface area contributed by atoms with Crippen LogP contribution in [-0.2, 0) is 10.2 Å². The van der Waals surface area contributed by atoms with E-state index < -0.39 is 0 Å². The fourth-order valence-electron chi connectivity index (χ4n) is 3.47. The number of hydrogen-bond donors (Lipinski definition) is 1. The number of thioether (sulfide) groups is 1. The molecule has 1 amide bonds. The lowest BCUT2D eigenvalue weighted by Crippen LogP contribution is -2.20. The van der Waals surface area contributed by atoms with Gasteiger partial charge < -0.3 is 0 Å². The van der Waals surface area contributed by atoms with Crippen LogP contribution in [0.25, 0.3) is 17.1 Å². The molecule has 1 aromatic heterocycles. The first-order valence-corrected chi connectivity index (χ1v) is 12.4. The highest BCUT2D eigenvalue weighted by Gasteiger charge is 2.17. The normalized spacial score (nSPS) is 11.7. The van der Waals surface area contributed by atoms with Gasteiger partial charge in [0, 0.05) is 11.3 Å². The van der Waals surface area contributed by atoms with Gasteiger partial charge in [-0.15, -0.1) is 10.2 Å². The Hall–Kier alpha value is -3.71. The standard InChI is InChI=1S/C28H29N5OS/c1-20-10-14-22(15-11-20)26-31-32-27(33(26)24-8-6-5-7-9-24)35-19-25(34)30-29-18-21-12-16-23(17-13-21)28(2,3)4/h5-18H,19H2,1-4H3,(H,30,34)/b29-18+. The van der Waals surface area contributed by atoms with E-state index in [-0.39, 0.29) is 17.1 Å². The number of nitrogens with one attached hydrogen (secondary N) is 1. The highest BCUT2D eigenvalue weighted by molar-refractivity contribution is 7.99. The Morgan fingerprint density at radius 1 is 0.971 bits per heavy atom. The van der Waals surface area contributed by atoms with Crippen LogP contribution in [0.2, 0.25) is 0 Å². The first-order chi connectivity index (χ1) is 16.8. The molecular formula is C28H29N5OS. The second-order valence-electron chi connectivity index (χ2n) is 9.30. The number of aryl methyl sites for hydroxylation is 1. The zero-order valence-corrected chi connectivity index (χ0v) is 21.2. The molecule has 4 rings (SSSR count). The molecule has 0 aliphatic rings. The van der Waals surface area contributed by atoms with E-state index in [1.54, 1.807) is 6.21 Å². The van der Waals surface area contributed by atoms with E-state index in [0.29, 0.717) is 5.16 Å². The molecule has 4 aromatic rings. The molecule has 35 heavy (non-hydrogen) atoms. The van der Waals surface area contributed by atoms with Crippen molar-refractivity contribution in [1.82, 2.24) is 20.2 Å². The summed E-state index contributed by atoms with van der Waals surface area (Å²) in [5, 5.41) is 13.6. The lowest BCUT2D eigenvalue weighted by Gasteiger charge is -2.18. The third-order valence-electron chi connectivity index (χ3n) is 5.47. The maximum atomic E-state index is 12.5.